The summed E-state index contributed by atoms with van der Waals surface area (Å²) in [5.74, 6) is -0.393. The number of sulfonamides is 1. The van der Waals surface area contributed by atoms with Gasteiger partial charge in [0.1, 0.15) is 21.4 Å². The summed E-state index contributed by atoms with van der Waals surface area (Å²) < 4.78 is 46.4. The van der Waals surface area contributed by atoms with Gasteiger partial charge < -0.3 is 9.84 Å². The number of thiophene rings is 1. The van der Waals surface area contributed by atoms with Crippen molar-refractivity contribution in [1.82, 2.24) is 5.16 Å². The second-order valence-electron chi connectivity index (χ2n) is 6.25. The van der Waals surface area contributed by atoms with Gasteiger partial charge in [-0.05, 0) is 55.8 Å². The first-order valence-corrected chi connectivity index (χ1v) is 10.8. The molecular weight excluding hydrogens is 417 g/mol. The van der Waals surface area contributed by atoms with Gasteiger partial charge in [0.05, 0.1) is 5.69 Å². The molecule has 7 nitrogen and oxygen atoms in total. The Labute approximate surface area is 171 Å². The van der Waals surface area contributed by atoms with Gasteiger partial charge in [-0.25, -0.2) is 12.8 Å². The summed E-state index contributed by atoms with van der Waals surface area (Å²) in [6.45, 7) is 4.67. The molecule has 0 aliphatic heterocycles. The van der Waals surface area contributed by atoms with E-state index in [-0.39, 0.29) is 15.8 Å². The van der Waals surface area contributed by atoms with E-state index >= 15 is 0 Å². The van der Waals surface area contributed by atoms with E-state index in [1.807, 2.05) is 0 Å². The maximum atomic E-state index is 13.7. The summed E-state index contributed by atoms with van der Waals surface area (Å²) in [6, 6.07) is 7.23. The van der Waals surface area contributed by atoms with Crippen molar-refractivity contribution < 1.29 is 22.1 Å². The fourth-order valence-electron chi connectivity index (χ4n) is 2.42. The van der Waals surface area contributed by atoms with Crippen molar-refractivity contribution in [2.24, 2.45) is 0 Å². The molecule has 1 amide bonds. The van der Waals surface area contributed by atoms with Crippen molar-refractivity contribution in [3.05, 3.63) is 58.0 Å². The average molecular weight is 436 g/mol. The lowest BCUT2D eigenvalue weighted by Gasteiger charge is -2.07. The smallest absolute Gasteiger partial charge is 0.271 e. The molecule has 0 bridgehead atoms. The summed E-state index contributed by atoms with van der Waals surface area (Å²) >= 11 is 1.03. The fourth-order valence-corrected chi connectivity index (χ4v) is 4.70. The van der Waals surface area contributed by atoms with Crippen molar-refractivity contribution in [2.75, 3.05) is 10.0 Å². The topological polar surface area (TPSA) is 101 Å². The van der Waals surface area contributed by atoms with Gasteiger partial charge >= 0.3 is 0 Å². The highest BCUT2D eigenvalue weighted by molar-refractivity contribution is 7.94. The quantitative estimate of drug-likeness (QED) is 0.597. The second kappa shape index (κ2) is 8.18. The van der Waals surface area contributed by atoms with Gasteiger partial charge in [0.2, 0.25) is 5.91 Å². The number of aryl methyl sites for hydroxylation is 2. The van der Waals surface area contributed by atoms with E-state index < -0.39 is 15.8 Å². The first-order chi connectivity index (χ1) is 13.7. The molecule has 0 unspecified atom stereocenters. The molecule has 0 atom stereocenters. The van der Waals surface area contributed by atoms with E-state index in [4.69, 9.17) is 4.52 Å². The van der Waals surface area contributed by atoms with Gasteiger partial charge in [-0.1, -0.05) is 11.2 Å². The van der Waals surface area contributed by atoms with Gasteiger partial charge in [0.15, 0.2) is 5.76 Å². The highest BCUT2D eigenvalue weighted by Crippen LogP contribution is 2.28. The average Bonchev–Trinajstić information content (AvgIpc) is 3.24. The van der Waals surface area contributed by atoms with E-state index in [0.29, 0.717) is 27.6 Å². The SMILES string of the molecule is CC(=O)Nc1c(C)noc1C=Cc1ccc(S(=O)(=O)Nc2ccc(C)c(F)c2)s1. The summed E-state index contributed by atoms with van der Waals surface area (Å²) in [5.41, 5.74) is 1.57. The summed E-state index contributed by atoms with van der Waals surface area (Å²) in [5, 5.41) is 6.46. The van der Waals surface area contributed by atoms with Crippen LogP contribution in [-0.2, 0) is 14.8 Å². The standard InChI is InChI=1S/C19H18FN3O4S2/c1-11-4-5-14(10-16(11)20)23-29(25,26)18-9-7-15(28-18)6-8-17-19(21-13(3)24)12(2)22-27-17/h4-10,23H,1-3H3,(H,21,24). The summed E-state index contributed by atoms with van der Waals surface area (Å²) in [6.07, 6.45) is 3.25. The molecule has 2 N–H and O–H groups in total. The third kappa shape index (κ3) is 4.90. The Balaban J connectivity index is 1.79. The maximum absolute atomic E-state index is 13.7. The highest BCUT2D eigenvalue weighted by Gasteiger charge is 2.17. The first kappa shape index (κ1) is 20.7. The molecule has 0 spiro atoms. The van der Waals surface area contributed by atoms with Crippen LogP contribution in [0.15, 0.2) is 39.1 Å². The molecule has 0 radical (unpaired) electrons. The molecule has 29 heavy (non-hydrogen) atoms. The number of benzene rings is 1. The van der Waals surface area contributed by atoms with Crippen LogP contribution in [0.1, 0.15) is 28.8 Å². The third-order valence-electron chi connectivity index (χ3n) is 3.88. The Morgan fingerprint density at radius 2 is 1.97 bits per heavy atom. The van der Waals surface area contributed by atoms with Gasteiger partial charge in [-0.3, -0.25) is 9.52 Å². The number of carbonyl (C=O) groups excluding carboxylic acids is 1. The van der Waals surface area contributed by atoms with Crippen molar-refractivity contribution >= 4 is 50.8 Å². The third-order valence-corrected chi connectivity index (χ3v) is 6.80. The zero-order valence-electron chi connectivity index (χ0n) is 15.8. The van der Waals surface area contributed by atoms with Crippen molar-refractivity contribution in [2.45, 2.75) is 25.0 Å². The molecule has 2 aromatic heterocycles. The van der Waals surface area contributed by atoms with Crippen LogP contribution < -0.4 is 10.0 Å². The largest absolute Gasteiger partial charge is 0.354 e. The molecule has 0 saturated carbocycles. The van der Waals surface area contributed by atoms with E-state index in [9.17, 15) is 17.6 Å². The second-order valence-corrected chi connectivity index (χ2v) is 9.27. The van der Waals surface area contributed by atoms with Gasteiger partial charge in [0, 0.05) is 11.8 Å². The Hall–Kier alpha value is -2.98. The van der Waals surface area contributed by atoms with Crippen LogP contribution in [0.4, 0.5) is 15.8 Å². The van der Waals surface area contributed by atoms with Gasteiger partial charge in [-0.15, -0.1) is 11.3 Å². The van der Waals surface area contributed by atoms with Crippen LogP contribution in [0, 0.1) is 19.7 Å². The molecule has 0 aliphatic carbocycles. The first-order valence-electron chi connectivity index (χ1n) is 8.46. The summed E-state index contributed by atoms with van der Waals surface area (Å²) in [7, 11) is -3.85. The molecule has 3 rings (SSSR count). The number of nitrogens with zero attached hydrogens (tertiary/aromatic N) is 1. The lowest BCUT2D eigenvalue weighted by atomic mass is 10.2. The Morgan fingerprint density at radius 3 is 2.66 bits per heavy atom. The number of amides is 1. The Kier molecular flexibility index (Phi) is 5.85. The van der Waals surface area contributed by atoms with Crippen LogP contribution >= 0.6 is 11.3 Å². The molecule has 3 aromatic rings. The van der Waals surface area contributed by atoms with Gasteiger partial charge in [-0.2, -0.15) is 0 Å². The minimum Gasteiger partial charge on any atom is -0.354 e. The lowest BCUT2D eigenvalue weighted by Crippen LogP contribution is -2.11. The number of rotatable bonds is 6. The number of nitrogens with one attached hydrogen (secondary N) is 2. The van der Waals surface area contributed by atoms with Gasteiger partial charge in [0.25, 0.3) is 10.0 Å². The van der Waals surface area contributed by atoms with Crippen LogP contribution in [0.3, 0.4) is 0 Å². The molecule has 1 aromatic carbocycles. The zero-order chi connectivity index (χ0) is 21.2. The lowest BCUT2D eigenvalue weighted by molar-refractivity contribution is -0.114. The normalized spacial score (nSPS) is 11.7. The number of carbonyl (C=O) groups is 1. The molecule has 0 saturated heterocycles. The number of aromatic nitrogens is 1. The molecular formula is C19H18FN3O4S2. The number of anilines is 2. The van der Waals surface area contributed by atoms with Crippen molar-refractivity contribution in [3.63, 3.8) is 0 Å². The van der Waals surface area contributed by atoms with E-state index in [2.05, 4.69) is 15.2 Å². The zero-order valence-corrected chi connectivity index (χ0v) is 17.4. The molecule has 0 fully saturated rings. The molecule has 152 valence electrons. The van der Waals surface area contributed by atoms with Crippen LogP contribution in [0.25, 0.3) is 12.2 Å². The predicted octanol–water partition coefficient (Wildman–Crippen LogP) is 4.42. The van der Waals surface area contributed by atoms with E-state index in [1.165, 1.54) is 25.1 Å². The van der Waals surface area contributed by atoms with Crippen molar-refractivity contribution in [1.29, 1.82) is 0 Å². The van der Waals surface area contributed by atoms with E-state index in [1.54, 1.807) is 32.1 Å². The molecule has 2 heterocycles. The number of hydrogen-bond donors (Lipinski definition) is 2. The Bertz CT molecular complexity index is 1200. The minimum absolute atomic E-state index is 0.0777. The monoisotopic (exact) mass is 435 g/mol. The molecule has 0 aliphatic rings. The molecule has 10 heteroatoms. The van der Waals surface area contributed by atoms with Crippen LogP contribution in [0.5, 0.6) is 0 Å². The fraction of sp³-hybridized carbons (Fsp3) is 0.158. The van der Waals surface area contributed by atoms with Crippen LogP contribution in [0.2, 0.25) is 0 Å². The Morgan fingerprint density at radius 1 is 1.21 bits per heavy atom. The minimum atomic E-state index is -3.85. The summed E-state index contributed by atoms with van der Waals surface area (Å²) in [4.78, 5) is 11.9. The van der Waals surface area contributed by atoms with Crippen molar-refractivity contribution in [3.8, 4) is 0 Å². The van der Waals surface area contributed by atoms with Crippen LogP contribution in [-0.4, -0.2) is 19.5 Å². The number of hydrogen-bond acceptors (Lipinski definition) is 6. The van der Waals surface area contributed by atoms with E-state index in [0.717, 1.165) is 17.4 Å². The predicted molar refractivity (Wildman–Crippen MR) is 111 cm³/mol. The highest BCUT2D eigenvalue weighted by atomic mass is 32.2. The maximum Gasteiger partial charge on any atom is 0.271 e. The number of halogens is 1.